The van der Waals surface area contributed by atoms with Crippen LogP contribution in [0.4, 0.5) is 0 Å². The second kappa shape index (κ2) is 4.74. The average molecular weight is 221 g/mol. The minimum atomic E-state index is 0.343. The van der Waals surface area contributed by atoms with Crippen molar-refractivity contribution in [3.63, 3.8) is 0 Å². The maximum atomic E-state index is 5.81. The lowest BCUT2D eigenvalue weighted by Crippen LogP contribution is -2.01. The molecule has 0 bridgehead atoms. The van der Waals surface area contributed by atoms with Gasteiger partial charge in [0.05, 0.1) is 0 Å². The molecule has 0 aromatic carbocycles. The number of ether oxygens (including phenoxy) is 1. The van der Waals surface area contributed by atoms with Crippen molar-refractivity contribution in [2.24, 2.45) is 0 Å². The Morgan fingerprint density at radius 1 is 1.23 bits per heavy atom. The van der Waals surface area contributed by atoms with E-state index < -0.39 is 0 Å². The summed E-state index contributed by atoms with van der Waals surface area (Å²) < 4.78 is 5.13. The van der Waals surface area contributed by atoms with E-state index in [4.69, 9.17) is 27.9 Å². The summed E-state index contributed by atoms with van der Waals surface area (Å²) in [5.41, 5.74) is 0.698. The maximum Gasteiger partial charge on any atom is 0.157 e. The summed E-state index contributed by atoms with van der Waals surface area (Å²) in [4.78, 5) is 8.03. The van der Waals surface area contributed by atoms with E-state index >= 15 is 0 Å². The molecular weight excluding hydrogens is 211 g/mol. The first-order chi connectivity index (χ1) is 6.15. The van der Waals surface area contributed by atoms with Gasteiger partial charge in [0.1, 0.15) is 16.9 Å². The summed E-state index contributed by atoms with van der Waals surface area (Å²) in [6, 6.07) is 0. The molecule has 3 nitrogen and oxygen atoms in total. The van der Waals surface area contributed by atoms with E-state index in [9.17, 15) is 0 Å². The molecule has 0 amide bonds. The van der Waals surface area contributed by atoms with E-state index in [1.54, 1.807) is 6.92 Å². The standard InChI is InChI=1S/C8H10Cl2N2O/c1-3-13-4-6-11-7(9)5(2)8(10)12-6/h3-4H2,1-2H3. The predicted octanol–water partition coefficient (Wildman–Crippen LogP) is 2.63. The van der Waals surface area contributed by atoms with Crippen LogP contribution in [0, 0.1) is 6.92 Å². The Morgan fingerprint density at radius 2 is 1.77 bits per heavy atom. The molecule has 1 heterocycles. The van der Waals surface area contributed by atoms with Crippen LogP contribution in [0.5, 0.6) is 0 Å². The second-order valence-electron chi connectivity index (χ2n) is 2.48. The normalized spacial score (nSPS) is 10.5. The lowest BCUT2D eigenvalue weighted by Gasteiger charge is -2.03. The molecule has 0 radical (unpaired) electrons. The van der Waals surface area contributed by atoms with E-state index in [1.165, 1.54) is 0 Å². The van der Waals surface area contributed by atoms with Crippen LogP contribution >= 0.6 is 23.2 Å². The van der Waals surface area contributed by atoms with Crippen molar-refractivity contribution in [3.8, 4) is 0 Å². The van der Waals surface area contributed by atoms with Crippen LogP contribution in [0.3, 0.4) is 0 Å². The minimum absolute atomic E-state index is 0.343. The smallest absolute Gasteiger partial charge is 0.157 e. The molecule has 0 unspecified atom stereocenters. The van der Waals surface area contributed by atoms with Crippen LogP contribution in [0.2, 0.25) is 10.3 Å². The van der Waals surface area contributed by atoms with Crippen LogP contribution in [0.15, 0.2) is 0 Å². The number of halogens is 2. The van der Waals surface area contributed by atoms with Crippen molar-refractivity contribution in [1.82, 2.24) is 9.97 Å². The fourth-order valence-corrected chi connectivity index (χ4v) is 1.18. The second-order valence-corrected chi connectivity index (χ2v) is 3.20. The lowest BCUT2D eigenvalue weighted by molar-refractivity contribution is 0.128. The zero-order valence-electron chi connectivity index (χ0n) is 7.47. The summed E-state index contributed by atoms with van der Waals surface area (Å²) in [6.45, 7) is 4.63. The molecule has 13 heavy (non-hydrogen) atoms. The Balaban J connectivity index is 2.86. The van der Waals surface area contributed by atoms with Gasteiger partial charge in [0.2, 0.25) is 0 Å². The van der Waals surface area contributed by atoms with Crippen molar-refractivity contribution in [3.05, 3.63) is 21.7 Å². The summed E-state index contributed by atoms with van der Waals surface area (Å²) in [5.74, 6) is 0.516. The highest BCUT2D eigenvalue weighted by Gasteiger charge is 2.06. The molecular formula is C8H10Cl2N2O. The molecule has 0 atom stereocenters. The van der Waals surface area contributed by atoms with E-state index in [2.05, 4.69) is 9.97 Å². The number of rotatable bonds is 3. The largest absolute Gasteiger partial charge is 0.374 e. The maximum absolute atomic E-state index is 5.81. The zero-order chi connectivity index (χ0) is 9.84. The molecule has 0 saturated heterocycles. The third kappa shape index (κ3) is 2.79. The summed E-state index contributed by atoms with van der Waals surface area (Å²) in [5, 5.41) is 0.768. The first kappa shape index (κ1) is 10.7. The van der Waals surface area contributed by atoms with E-state index in [0.717, 1.165) is 0 Å². The highest BCUT2D eigenvalue weighted by atomic mass is 35.5. The van der Waals surface area contributed by atoms with Gasteiger partial charge in [0, 0.05) is 12.2 Å². The van der Waals surface area contributed by atoms with Gasteiger partial charge in [-0.3, -0.25) is 0 Å². The Bertz CT molecular complexity index is 281. The summed E-state index contributed by atoms with van der Waals surface area (Å²) in [7, 11) is 0. The monoisotopic (exact) mass is 220 g/mol. The van der Waals surface area contributed by atoms with Gasteiger partial charge in [-0.05, 0) is 13.8 Å². The Hall–Kier alpha value is -0.380. The van der Waals surface area contributed by atoms with E-state index in [0.29, 0.717) is 34.9 Å². The summed E-state index contributed by atoms with van der Waals surface area (Å²) in [6.07, 6.45) is 0. The molecule has 0 fully saturated rings. The number of hydrogen-bond donors (Lipinski definition) is 0. The molecule has 72 valence electrons. The fourth-order valence-electron chi connectivity index (χ4n) is 0.762. The predicted molar refractivity (Wildman–Crippen MR) is 52.1 cm³/mol. The van der Waals surface area contributed by atoms with Crippen molar-refractivity contribution in [2.45, 2.75) is 20.5 Å². The van der Waals surface area contributed by atoms with E-state index in [1.807, 2.05) is 6.92 Å². The molecule has 0 aliphatic heterocycles. The number of hydrogen-bond acceptors (Lipinski definition) is 3. The van der Waals surface area contributed by atoms with Gasteiger partial charge in [0.15, 0.2) is 5.82 Å². The van der Waals surface area contributed by atoms with Gasteiger partial charge in [0.25, 0.3) is 0 Å². The number of aromatic nitrogens is 2. The minimum Gasteiger partial charge on any atom is -0.374 e. The Kier molecular flexibility index (Phi) is 3.90. The third-order valence-corrected chi connectivity index (χ3v) is 2.24. The van der Waals surface area contributed by atoms with Gasteiger partial charge in [-0.15, -0.1) is 0 Å². The number of nitrogens with zero attached hydrogens (tertiary/aromatic N) is 2. The van der Waals surface area contributed by atoms with Crippen molar-refractivity contribution in [1.29, 1.82) is 0 Å². The first-order valence-electron chi connectivity index (χ1n) is 3.91. The molecule has 0 spiro atoms. The van der Waals surface area contributed by atoms with Crippen LogP contribution in [0.1, 0.15) is 18.3 Å². The summed E-state index contributed by atoms with van der Waals surface area (Å²) >= 11 is 11.6. The van der Waals surface area contributed by atoms with Crippen LogP contribution < -0.4 is 0 Å². The molecule has 5 heteroatoms. The first-order valence-corrected chi connectivity index (χ1v) is 4.67. The van der Waals surface area contributed by atoms with Gasteiger partial charge >= 0.3 is 0 Å². The third-order valence-electron chi connectivity index (χ3n) is 1.51. The molecule has 0 aliphatic carbocycles. The van der Waals surface area contributed by atoms with Crippen molar-refractivity contribution >= 4 is 23.2 Å². The molecule has 1 rings (SSSR count). The lowest BCUT2D eigenvalue weighted by atomic mass is 10.4. The van der Waals surface area contributed by atoms with E-state index in [-0.39, 0.29) is 0 Å². The van der Waals surface area contributed by atoms with Crippen LogP contribution in [-0.4, -0.2) is 16.6 Å². The van der Waals surface area contributed by atoms with Crippen molar-refractivity contribution < 1.29 is 4.74 Å². The van der Waals surface area contributed by atoms with Crippen molar-refractivity contribution in [2.75, 3.05) is 6.61 Å². The topological polar surface area (TPSA) is 35.0 Å². The molecule has 0 saturated carbocycles. The van der Waals surface area contributed by atoms with Gasteiger partial charge < -0.3 is 4.74 Å². The van der Waals surface area contributed by atoms with Gasteiger partial charge in [-0.2, -0.15) is 0 Å². The quantitative estimate of drug-likeness (QED) is 0.736. The molecule has 1 aromatic heterocycles. The Labute approximate surface area is 87.1 Å². The fraction of sp³-hybridized carbons (Fsp3) is 0.500. The van der Waals surface area contributed by atoms with Crippen LogP contribution in [0.25, 0.3) is 0 Å². The van der Waals surface area contributed by atoms with Gasteiger partial charge in [-0.1, -0.05) is 23.2 Å². The van der Waals surface area contributed by atoms with Gasteiger partial charge in [-0.25, -0.2) is 9.97 Å². The highest BCUT2D eigenvalue weighted by Crippen LogP contribution is 2.19. The zero-order valence-corrected chi connectivity index (χ0v) is 8.98. The Morgan fingerprint density at radius 3 is 2.23 bits per heavy atom. The van der Waals surface area contributed by atoms with Crippen LogP contribution in [-0.2, 0) is 11.3 Å². The average Bonchev–Trinajstić information content (AvgIpc) is 2.10. The molecule has 1 aromatic rings. The molecule has 0 aliphatic rings. The molecule has 0 N–H and O–H groups in total. The SMILES string of the molecule is CCOCc1nc(Cl)c(C)c(Cl)n1. The highest BCUT2D eigenvalue weighted by molar-refractivity contribution is 6.34.